The van der Waals surface area contributed by atoms with Crippen LogP contribution in [0.2, 0.25) is 0 Å². The molecule has 0 aromatic heterocycles. The lowest BCUT2D eigenvalue weighted by Gasteiger charge is -2.09. The van der Waals surface area contributed by atoms with Crippen molar-refractivity contribution >= 4 is 17.3 Å². The second-order valence-corrected chi connectivity index (χ2v) is 5.08. The van der Waals surface area contributed by atoms with E-state index in [1.807, 2.05) is 49.4 Å². The Balaban J connectivity index is 1.86. The van der Waals surface area contributed by atoms with Gasteiger partial charge in [0.1, 0.15) is 11.5 Å². The number of anilines is 2. The molecule has 0 aliphatic carbocycles. The van der Waals surface area contributed by atoms with Gasteiger partial charge in [-0.15, -0.1) is 0 Å². The van der Waals surface area contributed by atoms with E-state index in [1.54, 1.807) is 7.11 Å². The number of nitrogen functional groups attached to an aromatic ring is 1. The number of hydrogen-bond donors (Lipinski definition) is 2. The topological polar surface area (TPSA) is 73.6 Å². The molecule has 0 aliphatic heterocycles. The van der Waals surface area contributed by atoms with Crippen LogP contribution in [0.4, 0.5) is 11.4 Å². The second kappa shape index (κ2) is 8.08. The van der Waals surface area contributed by atoms with E-state index in [1.165, 1.54) is 0 Å². The van der Waals surface area contributed by atoms with E-state index in [9.17, 15) is 4.79 Å². The summed E-state index contributed by atoms with van der Waals surface area (Å²) in [6, 6.07) is 12.9. The van der Waals surface area contributed by atoms with Gasteiger partial charge in [-0.25, -0.2) is 0 Å². The first kappa shape index (κ1) is 16.7. The molecule has 0 fully saturated rings. The molecule has 2 aromatic carbocycles. The van der Waals surface area contributed by atoms with E-state index in [2.05, 4.69) is 5.32 Å². The second-order valence-electron chi connectivity index (χ2n) is 5.08. The summed E-state index contributed by atoms with van der Waals surface area (Å²) in [5.74, 6) is 1.40. The van der Waals surface area contributed by atoms with Crippen molar-refractivity contribution in [1.82, 2.24) is 0 Å². The maximum Gasteiger partial charge on any atom is 0.224 e. The third kappa shape index (κ3) is 4.92. The number of carbonyl (C=O) groups is 1. The van der Waals surface area contributed by atoms with E-state index in [0.717, 1.165) is 17.0 Å². The summed E-state index contributed by atoms with van der Waals surface area (Å²) in [6.45, 7) is 2.55. The number of benzene rings is 2. The number of ether oxygens (including phenoxy) is 2. The molecule has 0 bridgehead atoms. The van der Waals surface area contributed by atoms with Crippen LogP contribution in [0.25, 0.3) is 0 Å². The van der Waals surface area contributed by atoms with Crippen LogP contribution in [-0.2, 0) is 11.2 Å². The molecule has 0 radical (unpaired) electrons. The molecular formula is C18H22N2O3. The Labute approximate surface area is 136 Å². The lowest BCUT2D eigenvalue weighted by atomic mass is 10.1. The smallest absolute Gasteiger partial charge is 0.224 e. The molecular weight excluding hydrogens is 292 g/mol. The summed E-state index contributed by atoms with van der Waals surface area (Å²) < 4.78 is 10.5. The molecule has 0 saturated heterocycles. The highest BCUT2D eigenvalue weighted by Gasteiger charge is 2.06. The van der Waals surface area contributed by atoms with Crippen LogP contribution in [-0.4, -0.2) is 19.6 Å². The van der Waals surface area contributed by atoms with Gasteiger partial charge in [-0.3, -0.25) is 4.79 Å². The number of nitrogens with one attached hydrogen (secondary N) is 1. The summed E-state index contributed by atoms with van der Waals surface area (Å²) in [5.41, 5.74) is 8.21. The van der Waals surface area contributed by atoms with E-state index < -0.39 is 0 Å². The Morgan fingerprint density at radius 1 is 1.17 bits per heavy atom. The fourth-order valence-electron chi connectivity index (χ4n) is 2.22. The third-order valence-electron chi connectivity index (χ3n) is 3.38. The molecule has 0 heterocycles. The number of amides is 1. The average Bonchev–Trinajstić information content (AvgIpc) is 2.55. The molecule has 0 aliphatic rings. The highest BCUT2D eigenvalue weighted by Crippen LogP contribution is 2.22. The summed E-state index contributed by atoms with van der Waals surface area (Å²) in [7, 11) is 1.58. The van der Waals surface area contributed by atoms with Crippen molar-refractivity contribution in [3.63, 3.8) is 0 Å². The van der Waals surface area contributed by atoms with Crippen molar-refractivity contribution < 1.29 is 14.3 Å². The highest BCUT2D eigenvalue weighted by atomic mass is 16.5. The van der Waals surface area contributed by atoms with Gasteiger partial charge in [0.15, 0.2) is 0 Å². The van der Waals surface area contributed by atoms with Gasteiger partial charge < -0.3 is 20.5 Å². The first-order valence-corrected chi connectivity index (χ1v) is 7.57. The van der Waals surface area contributed by atoms with Gasteiger partial charge in [-0.05, 0) is 55.3 Å². The molecule has 1 amide bonds. The molecule has 2 aromatic rings. The van der Waals surface area contributed by atoms with Crippen LogP contribution in [0, 0.1) is 0 Å². The molecule has 5 nitrogen and oxygen atoms in total. The predicted molar refractivity (Wildman–Crippen MR) is 92.0 cm³/mol. The van der Waals surface area contributed by atoms with E-state index in [-0.39, 0.29) is 5.91 Å². The summed E-state index contributed by atoms with van der Waals surface area (Å²) in [5, 5.41) is 2.87. The van der Waals surface area contributed by atoms with Crippen LogP contribution in [0.5, 0.6) is 11.5 Å². The zero-order valence-electron chi connectivity index (χ0n) is 13.5. The van der Waals surface area contributed by atoms with E-state index in [0.29, 0.717) is 30.9 Å². The minimum Gasteiger partial charge on any atom is -0.495 e. The Morgan fingerprint density at radius 2 is 1.91 bits per heavy atom. The van der Waals surface area contributed by atoms with Crippen LogP contribution in [0.15, 0.2) is 42.5 Å². The SMILES string of the molecule is CCOc1ccc(NC(=O)CCc2ccc(OC)c(N)c2)cc1. The molecule has 0 atom stereocenters. The monoisotopic (exact) mass is 314 g/mol. The number of rotatable bonds is 7. The van der Waals surface area contributed by atoms with Gasteiger partial charge in [0, 0.05) is 12.1 Å². The quantitative estimate of drug-likeness (QED) is 0.769. The normalized spacial score (nSPS) is 10.2. The summed E-state index contributed by atoms with van der Waals surface area (Å²) in [6.07, 6.45) is 1.01. The van der Waals surface area contributed by atoms with Crippen molar-refractivity contribution in [2.45, 2.75) is 19.8 Å². The zero-order valence-corrected chi connectivity index (χ0v) is 13.5. The summed E-state index contributed by atoms with van der Waals surface area (Å²) in [4.78, 5) is 12.0. The Morgan fingerprint density at radius 3 is 2.52 bits per heavy atom. The number of hydrogen-bond acceptors (Lipinski definition) is 4. The van der Waals surface area contributed by atoms with Crippen LogP contribution >= 0.6 is 0 Å². The van der Waals surface area contributed by atoms with Gasteiger partial charge in [-0.2, -0.15) is 0 Å². The van der Waals surface area contributed by atoms with Gasteiger partial charge in [-0.1, -0.05) is 6.07 Å². The number of methoxy groups -OCH3 is 1. The Bertz CT molecular complexity index is 654. The number of carbonyl (C=O) groups excluding carboxylic acids is 1. The lowest BCUT2D eigenvalue weighted by Crippen LogP contribution is -2.12. The summed E-state index contributed by atoms with van der Waals surface area (Å²) >= 11 is 0. The molecule has 122 valence electrons. The van der Waals surface area contributed by atoms with E-state index >= 15 is 0 Å². The molecule has 0 unspecified atom stereocenters. The highest BCUT2D eigenvalue weighted by molar-refractivity contribution is 5.90. The van der Waals surface area contributed by atoms with Crippen molar-refractivity contribution in [3.05, 3.63) is 48.0 Å². The minimum absolute atomic E-state index is 0.0384. The first-order chi connectivity index (χ1) is 11.1. The van der Waals surface area contributed by atoms with Gasteiger partial charge in [0.2, 0.25) is 5.91 Å². The number of aryl methyl sites for hydroxylation is 1. The maximum absolute atomic E-state index is 12.0. The maximum atomic E-state index is 12.0. The van der Waals surface area contributed by atoms with Gasteiger partial charge in [0.05, 0.1) is 19.4 Å². The third-order valence-corrected chi connectivity index (χ3v) is 3.38. The molecule has 0 spiro atoms. The zero-order chi connectivity index (χ0) is 16.7. The minimum atomic E-state index is -0.0384. The van der Waals surface area contributed by atoms with Crippen LogP contribution in [0.1, 0.15) is 18.9 Å². The Hall–Kier alpha value is -2.69. The fourth-order valence-corrected chi connectivity index (χ4v) is 2.22. The average molecular weight is 314 g/mol. The van der Waals surface area contributed by atoms with Crippen molar-refractivity contribution in [2.24, 2.45) is 0 Å². The van der Waals surface area contributed by atoms with E-state index in [4.69, 9.17) is 15.2 Å². The standard InChI is InChI=1S/C18H22N2O3/c1-3-23-15-8-6-14(7-9-15)20-18(21)11-5-13-4-10-17(22-2)16(19)12-13/h4,6-10,12H,3,5,11,19H2,1-2H3,(H,20,21). The fraction of sp³-hybridized carbons (Fsp3) is 0.278. The van der Waals surface area contributed by atoms with Crippen LogP contribution in [0.3, 0.4) is 0 Å². The largest absolute Gasteiger partial charge is 0.495 e. The first-order valence-electron chi connectivity index (χ1n) is 7.57. The van der Waals surface area contributed by atoms with Gasteiger partial charge >= 0.3 is 0 Å². The van der Waals surface area contributed by atoms with Crippen molar-refractivity contribution in [1.29, 1.82) is 0 Å². The molecule has 5 heteroatoms. The molecule has 2 rings (SSSR count). The van der Waals surface area contributed by atoms with Crippen LogP contribution < -0.4 is 20.5 Å². The van der Waals surface area contributed by atoms with Gasteiger partial charge in [0.25, 0.3) is 0 Å². The number of nitrogens with two attached hydrogens (primary N) is 1. The predicted octanol–water partition coefficient (Wildman–Crippen LogP) is 3.25. The Kier molecular flexibility index (Phi) is 5.86. The van der Waals surface area contributed by atoms with Crippen molar-refractivity contribution in [2.75, 3.05) is 24.8 Å². The lowest BCUT2D eigenvalue weighted by molar-refractivity contribution is -0.116. The molecule has 23 heavy (non-hydrogen) atoms. The van der Waals surface area contributed by atoms with Crippen molar-refractivity contribution in [3.8, 4) is 11.5 Å². The molecule has 0 saturated carbocycles. The molecule has 3 N–H and O–H groups in total.